The minimum atomic E-state index is -3.05. The summed E-state index contributed by atoms with van der Waals surface area (Å²) in [6, 6.07) is 4.59. The number of ether oxygens (including phenoxy) is 2. The van der Waals surface area contributed by atoms with Crippen molar-refractivity contribution in [3.8, 4) is 17.6 Å². The monoisotopic (exact) mass is 404 g/mol. The molecule has 1 aliphatic rings. The van der Waals surface area contributed by atoms with Gasteiger partial charge in [-0.25, -0.2) is 4.79 Å². The fraction of sp³-hybridized carbons (Fsp3) is 0.294. The summed E-state index contributed by atoms with van der Waals surface area (Å²) >= 11 is 0. The first kappa shape index (κ1) is 18.5. The number of nitriles is 1. The Kier molecular flexibility index (Phi) is 4.63. The zero-order valence-electron chi connectivity index (χ0n) is 15.1. The number of fused-ring (bicyclic) bond motifs is 1. The summed E-state index contributed by atoms with van der Waals surface area (Å²) in [7, 11) is 1.54. The van der Waals surface area contributed by atoms with Gasteiger partial charge < -0.3 is 18.8 Å². The molecule has 29 heavy (non-hydrogen) atoms. The molecule has 0 aliphatic carbocycles. The van der Waals surface area contributed by atoms with Crippen molar-refractivity contribution in [2.45, 2.75) is 13.0 Å². The topological polar surface area (TPSA) is 118 Å². The molecule has 1 amide bonds. The Labute approximate surface area is 162 Å². The van der Waals surface area contributed by atoms with E-state index in [0.29, 0.717) is 13.1 Å². The SMILES string of the molecule is Cn1ncc(C#N)c1NC(=O)Oc1ccc(OC(F)F)c2nc(N3CCC3)oc12. The molecule has 1 fully saturated rings. The van der Waals surface area contributed by atoms with Crippen LogP contribution in [0.3, 0.4) is 0 Å². The first-order chi connectivity index (χ1) is 14.0. The Balaban J connectivity index is 1.64. The summed E-state index contributed by atoms with van der Waals surface area (Å²) in [5.41, 5.74) is 0.150. The number of aryl methyl sites for hydroxylation is 1. The van der Waals surface area contributed by atoms with E-state index in [1.54, 1.807) is 7.05 Å². The van der Waals surface area contributed by atoms with Gasteiger partial charge in [0.05, 0.1) is 6.20 Å². The summed E-state index contributed by atoms with van der Waals surface area (Å²) in [5, 5.41) is 15.4. The predicted molar refractivity (Wildman–Crippen MR) is 95.0 cm³/mol. The van der Waals surface area contributed by atoms with Gasteiger partial charge in [0.15, 0.2) is 22.8 Å². The van der Waals surface area contributed by atoms with Crippen molar-refractivity contribution >= 4 is 29.0 Å². The molecule has 4 rings (SSSR count). The zero-order valence-corrected chi connectivity index (χ0v) is 15.1. The number of anilines is 2. The Bertz CT molecular complexity index is 1120. The lowest BCUT2D eigenvalue weighted by atomic mass is 10.2. The van der Waals surface area contributed by atoms with Crippen LogP contribution in [0.4, 0.5) is 25.4 Å². The van der Waals surface area contributed by atoms with Gasteiger partial charge in [0.1, 0.15) is 11.6 Å². The number of nitrogens with zero attached hydrogens (tertiary/aromatic N) is 5. The number of benzene rings is 1. The third-order valence-corrected chi connectivity index (χ3v) is 4.28. The van der Waals surface area contributed by atoms with Gasteiger partial charge in [0, 0.05) is 20.1 Å². The van der Waals surface area contributed by atoms with Crippen molar-refractivity contribution < 1.29 is 27.5 Å². The number of carbonyl (C=O) groups excluding carboxylic acids is 1. The molecular formula is C17H14F2N6O4. The minimum absolute atomic E-state index is 0.00860. The highest BCUT2D eigenvalue weighted by molar-refractivity contribution is 5.92. The molecule has 1 saturated heterocycles. The highest BCUT2D eigenvalue weighted by Crippen LogP contribution is 2.37. The summed E-state index contributed by atoms with van der Waals surface area (Å²) in [4.78, 5) is 18.3. The summed E-state index contributed by atoms with van der Waals surface area (Å²) < 4.78 is 42.1. The van der Waals surface area contributed by atoms with Crippen LogP contribution in [0, 0.1) is 11.3 Å². The summed E-state index contributed by atoms with van der Waals surface area (Å²) in [5.74, 6) is -0.0963. The van der Waals surface area contributed by atoms with Gasteiger partial charge in [0.2, 0.25) is 5.58 Å². The maximum atomic E-state index is 12.7. The van der Waals surface area contributed by atoms with E-state index in [9.17, 15) is 13.6 Å². The second kappa shape index (κ2) is 7.27. The average molecular weight is 404 g/mol. The quantitative estimate of drug-likeness (QED) is 0.690. The van der Waals surface area contributed by atoms with Gasteiger partial charge in [-0.3, -0.25) is 10.00 Å². The zero-order chi connectivity index (χ0) is 20.5. The van der Waals surface area contributed by atoms with Gasteiger partial charge in [-0.05, 0) is 18.6 Å². The first-order valence-electron chi connectivity index (χ1n) is 8.50. The van der Waals surface area contributed by atoms with Crippen molar-refractivity contribution in [1.82, 2.24) is 14.8 Å². The van der Waals surface area contributed by atoms with Crippen LogP contribution in [0.2, 0.25) is 0 Å². The number of hydrogen-bond acceptors (Lipinski definition) is 8. The summed E-state index contributed by atoms with van der Waals surface area (Å²) in [6.07, 6.45) is 1.33. The number of aromatic nitrogens is 3. The maximum Gasteiger partial charge on any atom is 0.418 e. The van der Waals surface area contributed by atoms with E-state index in [0.717, 1.165) is 6.42 Å². The molecule has 1 N–H and O–H groups in total. The second-order valence-electron chi connectivity index (χ2n) is 6.11. The van der Waals surface area contributed by atoms with Crippen LogP contribution in [0.1, 0.15) is 12.0 Å². The number of alkyl halides is 2. The molecule has 2 aromatic heterocycles. The fourth-order valence-corrected chi connectivity index (χ4v) is 2.75. The molecule has 0 spiro atoms. The van der Waals surface area contributed by atoms with Crippen LogP contribution in [-0.2, 0) is 7.05 Å². The number of halogens is 2. The number of amides is 1. The molecule has 12 heteroatoms. The molecular weight excluding hydrogens is 390 g/mol. The largest absolute Gasteiger partial charge is 0.432 e. The maximum absolute atomic E-state index is 12.7. The predicted octanol–water partition coefficient (Wildman–Crippen LogP) is 2.86. The van der Waals surface area contributed by atoms with E-state index in [-0.39, 0.29) is 40.0 Å². The van der Waals surface area contributed by atoms with Crippen molar-refractivity contribution in [1.29, 1.82) is 5.26 Å². The molecule has 150 valence electrons. The van der Waals surface area contributed by atoms with E-state index >= 15 is 0 Å². The molecule has 0 radical (unpaired) electrons. The van der Waals surface area contributed by atoms with Gasteiger partial charge in [-0.1, -0.05) is 0 Å². The molecule has 1 aliphatic heterocycles. The van der Waals surface area contributed by atoms with Crippen LogP contribution in [0.15, 0.2) is 22.7 Å². The van der Waals surface area contributed by atoms with Crippen LogP contribution in [-0.4, -0.2) is 40.6 Å². The molecule has 3 heterocycles. The minimum Gasteiger partial charge on any atom is -0.432 e. The molecule has 10 nitrogen and oxygen atoms in total. The van der Waals surface area contributed by atoms with E-state index in [2.05, 4.69) is 20.1 Å². The summed E-state index contributed by atoms with van der Waals surface area (Å²) in [6.45, 7) is -1.62. The van der Waals surface area contributed by atoms with E-state index in [4.69, 9.17) is 14.4 Å². The van der Waals surface area contributed by atoms with Gasteiger partial charge in [-0.2, -0.15) is 24.1 Å². The number of oxazole rings is 1. The van der Waals surface area contributed by atoms with Crippen LogP contribution >= 0.6 is 0 Å². The smallest absolute Gasteiger partial charge is 0.418 e. The highest BCUT2D eigenvalue weighted by Gasteiger charge is 2.25. The van der Waals surface area contributed by atoms with Crippen molar-refractivity contribution in [3.05, 3.63) is 23.9 Å². The van der Waals surface area contributed by atoms with Gasteiger partial charge >= 0.3 is 12.7 Å². The van der Waals surface area contributed by atoms with Gasteiger partial charge in [0.25, 0.3) is 6.01 Å². The Morgan fingerprint density at radius 3 is 2.79 bits per heavy atom. The number of carbonyl (C=O) groups is 1. The van der Waals surface area contributed by atoms with Gasteiger partial charge in [-0.15, -0.1) is 0 Å². The number of rotatable bonds is 5. The molecule has 3 aromatic rings. The van der Waals surface area contributed by atoms with E-state index < -0.39 is 12.7 Å². The van der Waals surface area contributed by atoms with Crippen molar-refractivity contribution in [2.24, 2.45) is 7.05 Å². The molecule has 0 bridgehead atoms. The van der Waals surface area contributed by atoms with E-state index in [1.807, 2.05) is 11.0 Å². The molecule has 1 aromatic carbocycles. The lowest BCUT2D eigenvalue weighted by molar-refractivity contribution is -0.0489. The lowest BCUT2D eigenvalue weighted by Crippen LogP contribution is -2.37. The second-order valence-corrected chi connectivity index (χ2v) is 6.11. The highest BCUT2D eigenvalue weighted by atomic mass is 19.3. The normalized spacial score (nSPS) is 13.3. The van der Waals surface area contributed by atoms with Crippen LogP contribution in [0.5, 0.6) is 11.5 Å². The van der Waals surface area contributed by atoms with Crippen molar-refractivity contribution in [3.63, 3.8) is 0 Å². The van der Waals surface area contributed by atoms with Crippen molar-refractivity contribution in [2.75, 3.05) is 23.3 Å². The van der Waals surface area contributed by atoms with E-state index in [1.165, 1.54) is 23.0 Å². The van der Waals surface area contributed by atoms with Crippen LogP contribution < -0.4 is 19.7 Å². The van der Waals surface area contributed by atoms with Crippen LogP contribution in [0.25, 0.3) is 11.1 Å². The standard InChI is InChI=1S/C17H14F2N6O4/c1-24-14(9(7-20)8-21-24)23-17(26)28-11-4-3-10(27-15(18)19)12-13(11)29-16(22-12)25-5-2-6-25/h3-4,8,15H,2,5-6H2,1H3,(H,23,26). The fourth-order valence-electron chi connectivity index (χ4n) is 2.75. The average Bonchev–Trinajstić information content (AvgIpc) is 3.20. The Morgan fingerprint density at radius 1 is 1.38 bits per heavy atom. The Hall–Kier alpha value is -3.88. The molecule has 0 unspecified atom stereocenters. The first-order valence-corrected chi connectivity index (χ1v) is 8.50. The Morgan fingerprint density at radius 2 is 2.14 bits per heavy atom. The molecule has 0 saturated carbocycles. The third kappa shape index (κ3) is 3.49. The number of nitrogens with one attached hydrogen (secondary N) is 1. The molecule has 0 atom stereocenters. The third-order valence-electron chi connectivity index (χ3n) is 4.28. The lowest BCUT2D eigenvalue weighted by Gasteiger charge is -2.28. The number of hydrogen-bond donors (Lipinski definition) is 1.